The monoisotopic (exact) mass is 489 g/mol. The molecule has 0 saturated carbocycles. The first-order valence-electron chi connectivity index (χ1n) is 10.5. The zero-order valence-corrected chi connectivity index (χ0v) is 19.6. The first-order chi connectivity index (χ1) is 16.8. The molecule has 0 bridgehead atoms. The summed E-state index contributed by atoms with van der Waals surface area (Å²) in [6.45, 7) is 0. The van der Waals surface area contributed by atoms with Crippen molar-refractivity contribution < 1.29 is 23.9 Å². The Balaban J connectivity index is 1.51. The highest BCUT2D eigenvalue weighted by Crippen LogP contribution is 2.31. The Morgan fingerprint density at radius 3 is 2.23 bits per heavy atom. The third-order valence-electron chi connectivity index (χ3n) is 5.40. The predicted octanol–water partition coefficient (Wildman–Crippen LogP) is 4.19. The van der Waals surface area contributed by atoms with E-state index in [1.165, 1.54) is 36.3 Å². The molecule has 0 aliphatic carbocycles. The molecule has 8 nitrogen and oxygen atoms in total. The number of rotatable bonds is 6. The van der Waals surface area contributed by atoms with E-state index in [2.05, 4.69) is 5.32 Å². The van der Waals surface area contributed by atoms with Crippen molar-refractivity contribution in [3.8, 4) is 0 Å². The van der Waals surface area contributed by atoms with Crippen molar-refractivity contribution in [2.75, 3.05) is 29.3 Å². The van der Waals surface area contributed by atoms with Crippen molar-refractivity contribution in [2.24, 2.45) is 0 Å². The van der Waals surface area contributed by atoms with Gasteiger partial charge in [-0.1, -0.05) is 35.9 Å². The molecular weight excluding hydrogens is 470 g/mol. The number of carbonyl (C=O) groups is 4. The van der Waals surface area contributed by atoms with Crippen molar-refractivity contribution in [1.82, 2.24) is 0 Å². The molecule has 3 aromatic carbocycles. The van der Waals surface area contributed by atoms with Gasteiger partial charge in [0, 0.05) is 24.0 Å². The minimum atomic E-state index is -0.725. The van der Waals surface area contributed by atoms with Crippen LogP contribution in [-0.4, -0.2) is 37.8 Å². The van der Waals surface area contributed by atoms with Crippen LogP contribution in [0.15, 0.2) is 89.6 Å². The van der Waals surface area contributed by atoms with E-state index in [0.717, 1.165) is 10.6 Å². The summed E-state index contributed by atoms with van der Waals surface area (Å²) in [4.78, 5) is 52.8. The summed E-state index contributed by atoms with van der Waals surface area (Å²) >= 11 is 6.19. The van der Waals surface area contributed by atoms with Crippen molar-refractivity contribution >= 4 is 52.4 Å². The number of amides is 3. The minimum Gasteiger partial charge on any atom is -0.465 e. The molecular formula is C26H20ClN3O5. The lowest BCUT2D eigenvalue weighted by Crippen LogP contribution is -2.32. The summed E-state index contributed by atoms with van der Waals surface area (Å²) in [5.41, 5.74) is 1.91. The number of esters is 1. The van der Waals surface area contributed by atoms with Crippen LogP contribution in [0, 0.1) is 0 Å². The van der Waals surface area contributed by atoms with Gasteiger partial charge in [-0.05, 0) is 54.6 Å². The van der Waals surface area contributed by atoms with Crippen molar-refractivity contribution in [2.45, 2.75) is 0 Å². The van der Waals surface area contributed by atoms with E-state index in [4.69, 9.17) is 16.3 Å². The summed E-state index contributed by atoms with van der Waals surface area (Å²) in [7, 11) is 2.92. The second-order valence-electron chi connectivity index (χ2n) is 7.58. The van der Waals surface area contributed by atoms with Crippen LogP contribution in [0.25, 0.3) is 0 Å². The van der Waals surface area contributed by atoms with Gasteiger partial charge in [0.2, 0.25) is 0 Å². The number of halogens is 1. The van der Waals surface area contributed by atoms with Gasteiger partial charge in [-0.2, -0.15) is 0 Å². The number of nitrogens with one attached hydrogen (secondary N) is 1. The van der Waals surface area contributed by atoms with E-state index in [1.54, 1.807) is 31.3 Å². The fourth-order valence-electron chi connectivity index (χ4n) is 3.54. The molecule has 3 aromatic rings. The lowest BCUT2D eigenvalue weighted by atomic mass is 10.1. The largest absolute Gasteiger partial charge is 0.465 e. The number of carbonyl (C=O) groups excluding carboxylic acids is 4. The fourth-order valence-corrected chi connectivity index (χ4v) is 3.75. The normalized spacial score (nSPS) is 13.2. The number of para-hydroxylation sites is 1. The Labute approximate surface area is 206 Å². The summed E-state index contributed by atoms with van der Waals surface area (Å²) in [6, 6.07) is 21.6. The van der Waals surface area contributed by atoms with Crippen LogP contribution in [0.4, 0.5) is 17.1 Å². The van der Waals surface area contributed by atoms with Crippen LogP contribution >= 0.6 is 11.6 Å². The third-order valence-corrected chi connectivity index (χ3v) is 5.75. The molecule has 1 N–H and O–H groups in total. The molecule has 0 fully saturated rings. The molecule has 1 aliphatic heterocycles. The summed E-state index contributed by atoms with van der Waals surface area (Å²) in [6.07, 6.45) is 0. The van der Waals surface area contributed by atoms with Gasteiger partial charge in [0.15, 0.2) is 0 Å². The van der Waals surface area contributed by atoms with E-state index < -0.39 is 17.8 Å². The van der Waals surface area contributed by atoms with Gasteiger partial charge in [-0.15, -0.1) is 0 Å². The average molecular weight is 490 g/mol. The molecule has 0 unspecified atom stereocenters. The highest BCUT2D eigenvalue weighted by atomic mass is 35.5. The molecule has 3 amide bonds. The first-order valence-corrected chi connectivity index (χ1v) is 10.9. The Kier molecular flexibility index (Phi) is 6.66. The summed E-state index contributed by atoms with van der Waals surface area (Å²) < 4.78 is 4.69. The molecule has 1 heterocycles. The van der Waals surface area contributed by atoms with E-state index in [1.807, 2.05) is 30.3 Å². The standard InChI is InChI=1S/C26H20ClN3O5/c1-29(19-8-4-3-5-9-19)23(31)16-11-13-18(14-12-16)28-22-21(27)24(32)30(25(22)33)20-10-6-7-17(15-20)26(34)35-2/h3-15,28H,1-2H3. The fraction of sp³-hybridized carbons (Fsp3) is 0.0769. The van der Waals surface area contributed by atoms with Crippen molar-refractivity contribution in [3.05, 3.63) is 101 Å². The van der Waals surface area contributed by atoms with E-state index >= 15 is 0 Å². The minimum absolute atomic E-state index is 0.111. The number of hydrogen-bond acceptors (Lipinski definition) is 6. The van der Waals surface area contributed by atoms with Gasteiger partial charge in [-0.25, -0.2) is 9.69 Å². The van der Waals surface area contributed by atoms with Gasteiger partial charge in [0.25, 0.3) is 17.7 Å². The molecule has 35 heavy (non-hydrogen) atoms. The molecule has 9 heteroatoms. The summed E-state index contributed by atoms with van der Waals surface area (Å²) in [5.74, 6) is -2.21. The lowest BCUT2D eigenvalue weighted by molar-refractivity contribution is -0.120. The second-order valence-corrected chi connectivity index (χ2v) is 7.96. The number of ether oxygens (including phenoxy) is 1. The number of nitrogens with zero attached hydrogens (tertiary/aromatic N) is 2. The highest BCUT2D eigenvalue weighted by Gasteiger charge is 2.39. The molecule has 0 atom stereocenters. The third kappa shape index (κ3) is 4.64. The lowest BCUT2D eigenvalue weighted by Gasteiger charge is -2.18. The smallest absolute Gasteiger partial charge is 0.337 e. The van der Waals surface area contributed by atoms with Gasteiger partial charge in [0.05, 0.1) is 18.4 Å². The van der Waals surface area contributed by atoms with Crippen molar-refractivity contribution in [1.29, 1.82) is 0 Å². The van der Waals surface area contributed by atoms with Gasteiger partial charge in [-0.3, -0.25) is 14.4 Å². The Morgan fingerprint density at radius 1 is 0.886 bits per heavy atom. The second kappa shape index (κ2) is 9.82. The number of hydrogen-bond donors (Lipinski definition) is 1. The Hall–Kier alpha value is -4.43. The Morgan fingerprint density at radius 2 is 1.57 bits per heavy atom. The quantitative estimate of drug-likeness (QED) is 0.412. The topological polar surface area (TPSA) is 96.0 Å². The maximum atomic E-state index is 13.0. The van der Waals surface area contributed by atoms with E-state index in [-0.39, 0.29) is 27.9 Å². The van der Waals surface area contributed by atoms with Crippen LogP contribution in [0.5, 0.6) is 0 Å². The molecule has 0 spiro atoms. The maximum absolute atomic E-state index is 13.0. The average Bonchev–Trinajstić information content (AvgIpc) is 3.11. The molecule has 1 aliphatic rings. The molecule has 0 saturated heterocycles. The first kappa shape index (κ1) is 23.7. The number of methoxy groups -OCH3 is 1. The number of anilines is 3. The molecule has 0 aromatic heterocycles. The molecule has 0 radical (unpaired) electrons. The van der Waals surface area contributed by atoms with Crippen LogP contribution < -0.4 is 15.1 Å². The zero-order chi connectivity index (χ0) is 25.1. The van der Waals surface area contributed by atoms with Gasteiger partial charge >= 0.3 is 5.97 Å². The van der Waals surface area contributed by atoms with E-state index in [0.29, 0.717) is 11.3 Å². The van der Waals surface area contributed by atoms with Crippen LogP contribution in [0.1, 0.15) is 20.7 Å². The molecule has 176 valence electrons. The van der Waals surface area contributed by atoms with Gasteiger partial charge < -0.3 is 15.0 Å². The van der Waals surface area contributed by atoms with Crippen LogP contribution in [0.3, 0.4) is 0 Å². The van der Waals surface area contributed by atoms with Crippen LogP contribution in [-0.2, 0) is 14.3 Å². The highest BCUT2D eigenvalue weighted by molar-refractivity contribution is 6.53. The maximum Gasteiger partial charge on any atom is 0.337 e. The van der Waals surface area contributed by atoms with Crippen molar-refractivity contribution in [3.63, 3.8) is 0 Å². The number of benzene rings is 3. The SMILES string of the molecule is COC(=O)c1cccc(N2C(=O)C(Cl)=C(Nc3ccc(C(=O)N(C)c4ccccc4)cc3)C2=O)c1. The predicted molar refractivity (Wildman–Crippen MR) is 132 cm³/mol. The molecule has 4 rings (SSSR count). The zero-order valence-electron chi connectivity index (χ0n) is 18.8. The van der Waals surface area contributed by atoms with Gasteiger partial charge in [0.1, 0.15) is 10.7 Å². The number of imide groups is 1. The van der Waals surface area contributed by atoms with E-state index in [9.17, 15) is 19.2 Å². The summed E-state index contributed by atoms with van der Waals surface area (Å²) in [5, 5.41) is 2.58. The van der Waals surface area contributed by atoms with Crippen LogP contribution in [0.2, 0.25) is 0 Å². The Bertz CT molecular complexity index is 1350.